The van der Waals surface area contributed by atoms with Crippen LogP contribution in [0.25, 0.3) is 0 Å². The van der Waals surface area contributed by atoms with E-state index in [9.17, 15) is 14.0 Å². The van der Waals surface area contributed by atoms with Crippen LogP contribution >= 0.6 is 11.8 Å². The predicted octanol–water partition coefficient (Wildman–Crippen LogP) is 1.48. The van der Waals surface area contributed by atoms with Crippen LogP contribution < -0.4 is 11.1 Å². The normalized spacial score (nSPS) is 10.2. The second-order valence-electron chi connectivity index (χ2n) is 4.57. The van der Waals surface area contributed by atoms with Crippen molar-refractivity contribution < 1.29 is 14.0 Å². The van der Waals surface area contributed by atoms with Crippen molar-refractivity contribution in [2.24, 2.45) is 0 Å². The summed E-state index contributed by atoms with van der Waals surface area (Å²) in [4.78, 5) is 25.3. The predicted molar refractivity (Wildman–Crippen MR) is 82.5 cm³/mol. The molecule has 5 nitrogen and oxygen atoms in total. The number of hydrogen-bond donors (Lipinski definition) is 2. The third kappa shape index (κ3) is 6.03. The highest BCUT2D eigenvalue weighted by Gasteiger charge is 2.13. The molecule has 3 N–H and O–H groups in total. The van der Waals surface area contributed by atoms with E-state index in [2.05, 4.69) is 5.32 Å². The maximum Gasteiger partial charge on any atom is 0.239 e. The lowest BCUT2D eigenvalue weighted by Crippen LogP contribution is -2.39. The molecule has 2 amide bonds. The third-order valence-electron chi connectivity index (χ3n) is 2.71. The van der Waals surface area contributed by atoms with Gasteiger partial charge in [0.2, 0.25) is 11.8 Å². The van der Waals surface area contributed by atoms with Crippen LogP contribution in [-0.4, -0.2) is 42.6 Å². The molecular weight excluding hydrogens is 293 g/mol. The molecule has 0 atom stereocenters. The number of thioether (sulfide) groups is 1. The number of hydrogen-bond acceptors (Lipinski definition) is 4. The molecule has 1 aromatic carbocycles. The van der Waals surface area contributed by atoms with Gasteiger partial charge in [-0.15, -0.1) is 11.8 Å². The molecule has 1 rings (SSSR count). The van der Waals surface area contributed by atoms with E-state index in [-0.39, 0.29) is 24.1 Å². The first-order valence-corrected chi connectivity index (χ1v) is 7.61. The minimum absolute atomic E-state index is 0.0119. The van der Waals surface area contributed by atoms with Crippen LogP contribution in [0.5, 0.6) is 0 Å². The Hall–Kier alpha value is -1.76. The first-order chi connectivity index (χ1) is 9.93. The number of rotatable bonds is 7. The Morgan fingerprint density at radius 3 is 2.81 bits per heavy atom. The minimum atomic E-state index is -0.397. The number of carbonyl (C=O) groups excluding carboxylic acids is 2. The molecule has 7 heteroatoms. The molecule has 0 saturated carbocycles. The van der Waals surface area contributed by atoms with Crippen molar-refractivity contribution in [1.29, 1.82) is 0 Å². The number of nitrogens with one attached hydrogen (secondary N) is 1. The fourth-order valence-corrected chi connectivity index (χ4v) is 2.44. The molecule has 0 bridgehead atoms. The van der Waals surface area contributed by atoms with Crippen molar-refractivity contribution >= 4 is 29.3 Å². The summed E-state index contributed by atoms with van der Waals surface area (Å²) in [7, 11) is 1.56. The maximum atomic E-state index is 13.1. The number of carbonyl (C=O) groups is 2. The summed E-state index contributed by atoms with van der Waals surface area (Å²) >= 11 is 1.15. The Kier molecular flexibility index (Phi) is 7.01. The number of halogens is 1. The van der Waals surface area contributed by atoms with Gasteiger partial charge in [-0.05, 0) is 24.6 Å². The molecule has 0 aromatic heterocycles. The summed E-state index contributed by atoms with van der Waals surface area (Å²) < 4.78 is 13.1. The lowest BCUT2D eigenvalue weighted by atomic mass is 10.3. The first kappa shape index (κ1) is 17.3. The van der Waals surface area contributed by atoms with Crippen LogP contribution in [0.2, 0.25) is 0 Å². The lowest BCUT2D eigenvalue weighted by molar-refractivity contribution is -0.132. The number of amides is 2. The average Bonchev–Trinajstić information content (AvgIpc) is 2.45. The van der Waals surface area contributed by atoms with Gasteiger partial charge in [-0.3, -0.25) is 9.59 Å². The Labute approximate surface area is 128 Å². The second kappa shape index (κ2) is 8.51. The maximum absolute atomic E-state index is 13.1. The van der Waals surface area contributed by atoms with Gasteiger partial charge < -0.3 is 16.0 Å². The van der Waals surface area contributed by atoms with E-state index in [0.717, 1.165) is 18.2 Å². The summed E-state index contributed by atoms with van der Waals surface area (Å²) in [6.07, 6.45) is 0.845. The summed E-state index contributed by atoms with van der Waals surface area (Å²) in [5.74, 6) is -0.699. The number of nitrogens with zero attached hydrogens (tertiary/aromatic N) is 1. The molecule has 0 aliphatic heterocycles. The molecule has 0 radical (unpaired) electrons. The fourth-order valence-electron chi connectivity index (χ4n) is 1.51. The minimum Gasteiger partial charge on any atom is -0.398 e. The fraction of sp³-hybridized carbons (Fsp3) is 0.429. The standard InChI is InChI=1S/C14H20FN3O2S/c1-3-6-17-13(19)8-18(2)14(20)9-21-12-7-10(15)4-5-11(12)16/h4-5,7H,3,6,8-9,16H2,1-2H3,(H,17,19). The monoisotopic (exact) mass is 313 g/mol. The molecular formula is C14H20FN3O2S. The summed E-state index contributed by atoms with van der Waals surface area (Å²) in [5.41, 5.74) is 6.14. The number of benzene rings is 1. The Bertz CT molecular complexity index is 511. The van der Waals surface area contributed by atoms with E-state index in [1.54, 1.807) is 7.05 Å². The van der Waals surface area contributed by atoms with Crippen LogP contribution in [-0.2, 0) is 9.59 Å². The van der Waals surface area contributed by atoms with E-state index < -0.39 is 5.82 Å². The van der Waals surface area contributed by atoms with Gasteiger partial charge in [-0.1, -0.05) is 6.92 Å². The van der Waals surface area contributed by atoms with Crippen LogP contribution in [0, 0.1) is 5.82 Å². The molecule has 116 valence electrons. The highest BCUT2D eigenvalue weighted by Crippen LogP contribution is 2.25. The molecule has 0 fully saturated rings. The molecule has 0 aliphatic rings. The van der Waals surface area contributed by atoms with E-state index in [1.165, 1.54) is 23.1 Å². The van der Waals surface area contributed by atoms with Gasteiger partial charge in [-0.25, -0.2) is 4.39 Å². The van der Waals surface area contributed by atoms with Crippen molar-refractivity contribution in [2.45, 2.75) is 18.2 Å². The summed E-state index contributed by atoms with van der Waals surface area (Å²) in [5, 5.41) is 2.70. The van der Waals surface area contributed by atoms with Crippen molar-refractivity contribution in [2.75, 3.05) is 31.6 Å². The Morgan fingerprint density at radius 2 is 2.14 bits per heavy atom. The van der Waals surface area contributed by atoms with Crippen LogP contribution in [0.15, 0.2) is 23.1 Å². The van der Waals surface area contributed by atoms with E-state index in [1.807, 2.05) is 6.92 Å². The highest BCUT2D eigenvalue weighted by atomic mass is 32.2. The van der Waals surface area contributed by atoms with Gasteiger partial charge >= 0.3 is 0 Å². The quantitative estimate of drug-likeness (QED) is 0.591. The zero-order valence-corrected chi connectivity index (χ0v) is 13.0. The molecule has 0 saturated heterocycles. The zero-order chi connectivity index (χ0) is 15.8. The summed E-state index contributed by atoms with van der Waals surface area (Å²) in [6.45, 7) is 2.56. The third-order valence-corrected chi connectivity index (χ3v) is 3.76. The van der Waals surface area contributed by atoms with Gasteiger partial charge in [-0.2, -0.15) is 0 Å². The molecule has 1 aromatic rings. The van der Waals surface area contributed by atoms with Gasteiger partial charge in [0.15, 0.2) is 0 Å². The molecule has 21 heavy (non-hydrogen) atoms. The SMILES string of the molecule is CCCNC(=O)CN(C)C(=O)CSc1cc(F)ccc1N. The first-order valence-electron chi connectivity index (χ1n) is 6.62. The van der Waals surface area contributed by atoms with Gasteiger partial charge in [0.05, 0.1) is 12.3 Å². The van der Waals surface area contributed by atoms with Crippen molar-refractivity contribution in [3.8, 4) is 0 Å². The largest absolute Gasteiger partial charge is 0.398 e. The van der Waals surface area contributed by atoms with Crippen LogP contribution in [0.3, 0.4) is 0 Å². The van der Waals surface area contributed by atoms with E-state index >= 15 is 0 Å². The van der Waals surface area contributed by atoms with E-state index in [0.29, 0.717) is 17.1 Å². The molecule has 0 heterocycles. The molecule has 0 aliphatic carbocycles. The summed E-state index contributed by atoms with van der Waals surface area (Å²) in [6, 6.07) is 4.02. The number of nitrogens with two attached hydrogens (primary N) is 1. The number of likely N-dealkylation sites (N-methyl/N-ethyl adjacent to an activating group) is 1. The zero-order valence-electron chi connectivity index (χ0n) is 12.2. The number of nitrogen functional groups attached to an aromatic ring is 1. The smallest absolute Gasteiger partial charge is 0.239 e. The molecule has 0 spiro atoms. The van der Waals surface area contributed by atoms with Crippen molar-refractivity contribution in [1.82, 2.24) is 10.2 Å². The van der Waals surface area contributed by atoms with Gasteiger partial charge in [0.25, 0.3) is 0 Å². The van der Waals surface area contributed by atoms with E-state index in [4.69, 9.17) is 5.73 Å². The van der Waals surface area contributed by atoms with Crippen LogP contribution in [0.4, 0.5) is 10.1 Å². The lowest BCUT2D eigenvalue weighted by Gasteiger charge is -2.16. The second-order valence-corrected chi connectivity index (χ2v) is 5.59. The van der Waals surface area contributed by atoms with Gasteiger partial charge in [0, 0.05) is 24.2 Å². The molecule has 0 unspecified atom stereocenters. The topological polar surface area (TPSA) is 75.4 Å². The highest BCUT2D eigenvalue weighted by molar-refractivity contribution is 8.00. The average molecular weight is 313 g/mol. The number of anilines is 1. The van der Waals surface area contributed by atoms with Crippen molar-refractivity contribution in [3.05, 3.63) is 24.0 Å². The van der Waals surface area contributed by atoms with Gasteiger partial charge in [0.1, 0.15) is 5.82 Å². The Morgan fingerprint density at radius 1 is 1.43 bits per heavy atom. The Balaban J connectivity index is 2.45. The van der Waals surface area contributed by atoms with Crippen LogP contribution in [0.1, 0.15) is 13.3 Å². The van der Waals surface area contributed by atoms with Crippen molar-refractivity contribution in [3.63, 3.8) is 0 Å².